The molecular formula is C30H28F12O2P2S2. The summed E-state index contributed by atoms with van der Waals surface area (Å²) in [6.07, 6.45) is 2.22. The van der Waals surface area contributed by atoms with Crippen LogP contribution < -0.4 is 9.47 Å². The number of rotatable bonds is 5. The molecule has 2 aliphatic rings. The third-order valence-corrected chi connectivity index (χ3v) is 12.6. The molecule has 0 N–H and O–H groups in total. The van der Waals surface area contributed by atoms with Crippen LogP contribution in [0, 0.1) is 0 Å². The monoisotopic (exact) mass is 774 g/mol. The number of benzene rings is 4. The van der Waals surface area contributed by atoms with Crippen molar-refractivity contribution < 1.29 is 59.8 Å². The van der Waals surface area contributed by atoms with Gasteiger partial charge in [-0.2, -0.15) is 0 Å². The van der Waals surface area contributed by atoms with Gasteiger partial charge in [0.05, 0.1) is 21.8 Å². The fourth-order valence-electron chi connectivity index (χ4n) is 5.15. The molecule has 0 unspecified atom stereocenters. The van der Waals surface area contributed by atoms with Gasteiger partial charge in [0.15, 0.2) is 33.5 Å². The standard InChI is InChI=1S/C30H28O2S2.2F6P/c1-3-25(33-27-17-9-5-13-21(27)31-22-14-6-10-18-28(22)33)26(4-2)34-29-19-11-7-15-23(29)32-24-16-8-12-20-30(24)34;2*1-7(2,3,4,5)6/h5-20,25-26H,3-4H2,1-2H3;;/q+2;2*-1/t25-,26-;;/m0../s1. The summed E-state index contributed by atoms with van der Waals surface area (Å²) in [6, 6.07) is 34.6. The minimum absolute atomic E-state index is 0.0764. The number of ether oxygens (including phenoxy) is 2. The van der Waals surface area contributed by atoms with Crippen LogP contribution in [0.2, 0.25) is 0 Å². The molecule has 0 spiro atoms. The molecule has 0 radical (unpaired) electrons. The predicted octanol–water partition coefficient (Wildman–Crippen LogP) is 15.0. The van der Waals surface area contributed by atoms with Crippen LogP contribution >= 0.6 is 15.6 Å². The average molecular weight is 775 g/mol. The van der Waals surface area contributed by atoms with Crippen molar-refractivity contribution in [2.24, 2.45) is 0 Å². The first-order valence-corrected chi connectivity index (χ1v) is 20.6. The van der Waals surface area contributed by atoms with Crippen molar-refractivity contribution in [3.8, 4) is 23.0 Å². The molecule has 266 valence electrons. The van der Waals surface area contributed by atoms with Gasteiger partial charge in [-0.05, 0) is 61.4 Å². The molecule has 0 aliphatic carbocycles. The number of fused-ring (bicyclic) bond motifs is 4. The van der Waals surface area contributed by atoms with Gasteiger partial charge < -0.3 is 9.47 Å². The van der Waals surface area contributed by atoms with Crippen LogP contribution in [-0.2, 0) is 21.8 Å². The molecular weight excluding hydrogens is 746 g/mol. The molecule has 2 atom stereocenters. The second-order valence-corrected chi connectivity index (χ2v) is 18.6. The fourth-order valence-corrected chi connectivity index (χ4v) is 11.5. The van der Waals surface area contributed by atoms with E-state index >= 15 is 0 Å². The fraction of sp³-hybridized carbons (Fsp3) is 0.200. The second kappa shape index (κ2) is 11.9. The van der Waals surface area contributed by atoms with Gasteiger partial charge in [0.25, 0.3) is 0 Å². The van der Waals surface area contributed by atoms with Gasteiger partial charge in [-0.25, -0.2) is 0 Å². The number of para-hydroxylation sites is 4. The van der Waals surface area contributed by atoms with E-state index in [0.29, 0.717) is 10.5 Å². The summed E-state index contributed by atoms with van der Waals surface area (Å²) in [6.45, 7) is 4.73. The Bertz CT molecular complexity index is 1540. The average Bonchev–Trinajstić information content (AvgIpc) is 2.95. The van der Waals surface area contributed by atoms with Crippen LogP contribution in [0.5, 0.6) is 23.0 Å². The molecule has 0 fully saturated rings. The Hall–Kier alpha value is -2.80. The van der Waals surface area contributed by atoms with E-state index in [1.165, 1.54) is 19.6 Å². The first-order chi connectivity index (χ1) is 21.7. The van der Waals surface area contributed by atoms with Crippen molar-refractivity contribution in [1.29, 1.82) is 0 Å². The third kappa shape index (κ3) is 11.7. The van der Waals surface area contributed by atoms with E-state index in [-0.39, 0.29) is 21.8 Å². The van der Waals surface area contributed by atoms with Gasteiger partial charge in [-0.15, -0.1) is 0 Å². The van der Waals surface area contributed by atoms with Crippen LogP contribution in [0.3, 0.4) is 0 Å². The first kappa shape index (κ1) is 38.0. The van der Waals surface area contributed by atoms with Crippen LogP contribution in [0.15, 0.2) is 117 Å². The Morgan fingerprint density at radius 2 is 0.604 bits per heavy atom. The molecule has 4 aromatic rings. The van der Waals surface area contributed by atoms with Crippen LogP contribution in [0.4, 0.5) is 50.4 Å². The van der Waals surface area contributed by atoms with Gasteiger partial charge in [-0.1, -0.05) is 62.4 Å². The molecule has 4 aromatic carbocycles. The predicted molar refractivity (Wildman–Crippen MR) is 169 cm³/mol. The van der Waals surface area contributed by atoms with Gasteiger partial charge >= 0.3 is 66.0 Å². The zero-order chi connectivity index (χ0) is 35.9. The maximum absolute atomic E-state index is 10.7. The molecule has 2 nitrogen and oxygen atoms in total. The van der Waals surface area contributed by atoms with Crippen LogP contribution in [0.1, 0.15) is 26.7 Å². The Morgan fingerprint density at radius 3 is 0.792 bits per heavy atom. The van der Waals surface area contributed by atoms with E-state index < -0.39 is 15.6 Å². The maximum atomic E-state index is 9.87. The van der Waals surface area contributed by atoms with Crippen molar-refractivity contribution >= 4 is 37.4 Å². The summed E-state index contributed by atoms with van der Waals surface area (Å²) >= 11 is 0. The van der Waals surface area contributed by atoms with Crippen molar-refractivity contribution in [2.75, 3.05) is 0 Å². The Balaban J connectivity index is 0.000000314. The first-order valence-electron chi connectivity index (χ1n) is 14.0. The van der Waals surface area contributed by atoms with E-state index in [9.17, 15) is 50.4 Å². The van der Waals surface area contributed by atoms with Crippen LogP contribution in [0.25, 0.3) is 0 Å². The van der Waals surface area contributed by atoms with E-state index in [2.05, 4.69) is 111 Å². The van der Waals surface area contributed by atoms with E-state index in [0.717, 1.165) is 35.8 Å². The molecule has 2 heterocycles. The van der Waals surface area contributed by atoms with E-state index in [1.54, 1.807) is 0 Å². The molecule has 6 rings (SSSR count). The Kier molecular flexibility index (Phi) is 9.44. The zero-order valence-corrected chi connectivity index (χ0v) is 28.3. The summed E-state index contributed by atoms with van der Waals surface area (Å²) in [7, 11) is -21.5. The summed E-state index contributed by atoms with van der Waals surface area (Å²) in [5.41, 5.74) is 0. The zero-order valence-electron chi connectivity index (χ0n) is 24.9. The van der Waals surface area contributed by atoms with Crippen molar-refractivity contribution in [1.82, 2.24) is 0 Å². The molecule has 0 bridgehead atoms. The normalized spacial score (nSPS) is 18.2. The number of halogens is 12. The van der Waals surface area contributed by atoms with E-state index in [4.69, 9.17) is 9.47 Å². The minimum atomic E-state index is -10.7. The summed E-state index contributed by atoms with van der Waals surface area (Å²) in [5, 5.41) is 0.970. The third-order valence-electron chi connectivity index (χ3n) is 6.61. The van der Waals surface area contributed by atoms with Gasteiger partial charge in [-0.3, -0.25) is 0 Å². The summed E-state index contributed by atoms with van der Waals surface area (Å²) in [4.78, 5) is 5.35. The summed E-state index contributed by atoms with van der Waals surface area (Å²) < 4.78 is 131. The topological polar surface area (TPSA) is 18.5 Å². The van der Waals surface area contributed by atoms with Crippen molar-refractivity contribution in [3.63, 3.8) is 0 Å². The summed E-state index contributed by atoms with van der Waals surface area (Å²) in [5.74, 6) is 4.03. The molecule has 48 heavy (non-hydrogen) atoms. The number of hydrogen-bond acceptors (Lipinski definition) is 2. The molecule has 18 heteroatoms. The quantitative estimate of drug-likeness (QED) is 0.114. The SMILES string of the molecule is CC[C@@H]([C@H](CC)[S+]1c2ccccc2Oc2ccccc21)[S+]1c2ccccc2Oc2ccccc21.F[P-](F)(F)(F)(F)F.F[P-](F)(F)(F)(F)F. The van der Waals surface area contributed by atoms with Gasteiger partial charge in [0.2, 0.25) is 19.6 Å². The van der Waals surface area contributed by atoms with Crippen molar-refractivity contribution in [3.05, 3.63) is 97.1 Å². The Morgan fingerprint density at radius 1 is 0.417 bits per heavy atom. The number of hydrogen-bond donors (Lipinski definition) is 0. The van der Waals surface area contributed by atoms with Crippen LogP contribution in [-0.4, -0.2) is 10.5 Å². The second-order valence-electron chi connectivity index (χ2n) is 10.5. The molecule has 0 saturated heterocycles. The molecule has 0 amide bonds. The van der Waals surface area contributed by atoms with E-state index in [1.807, 2.05) is 0 Å². The van der Waals surface area contributed by atoms with Crippen molar-refractivity contribution in [2.45, 2.75) is 56.8 Å². The molecule has 0 aromatic heterocycles. The molecule has 2 aliphatic heterocycles. The van der Waals surface area contributed by atoms with Gasteiger partial charge in [0, 0.05) is 0 Å². The molecule has 0 saturated carbocycles. The Labute approximate surface area is 273 Å². The van der Waals surface area contributed by atoms with Gasteiger partial charge in [0.1, 0.15) is 0 Å².